The Labute approximate surface area is 114 Å². The quantitative estimate of drug-likeness (QED) is 0.887. The summed E-state index contributed by atoms with van der Waals surface area (Å²) in [6.45, 7) is 2.45. The van der Waals surface area contributed by atoms with E-state index >= 15 is 0 Å². The molecule has 0 bridgehead atoms. The lowest BCUT2D eigenvalue weighted by molar-refractivity contribution is -0.103. The fourth-order valence-corrected chi connectivity index (χ4v) is 3.63. The fraction of sp³-hybridized carbons (Fsp3) is 0.786. The molecule has 2 heterocycles. The molecule has 106 valence electrons. The molecule has 1 aliphatic carbocycles. The number of ether oxygens (including phenoxy) is 1. The van der Waals surface area contributed by atoms with Crippen molar-refractivity contribution in [3.63, 3.8) is 0 Å². The van der Waals surface area contributed by atoms with E-state index in [4.69, 9.17) is 10.5 Å². The molecule has 0 aromatic carbocycles. The Morgan fingerprint density at radius 1 is 1.47 bits per heavy atom. The van der Waals surface area contributed by atoms with Gasteiger partial charge in [-0.2, -0.15) is 0 Å². The van der Waals surface area contributed by atoms with Crippen molar-refractivity contribution in [3.8, 4) is 0 Å². The van der Waals surface area contributed by atoms with Crippen molar-refractivity contribution in [1.82, 2.24) is 14.5 Å². The summed E-state index contributed by atoms with van der Waals surface area (Å²) in [5, 5.41) is 0. The lowest BCUT2D eigenvalue weighted by Gasteiger charge is -2.47. The maximum Gasteiger partial charge on any atom is 0.0946 e. The summed E-state index contributed by atoms with van der Waals surface area (Å²) < 4.78 is 8.04. The molecule has 0 spiro atoms. The molecule has 3 atom stereocenters. The molecule has 1 aliphatic heterocycles. The monoisotopic (exact) mass is 264 g/mol. The SMILES string of the molecule is Cn1cncc1C(CN)N1CCOC2CCCCC21. The van der Waals surface area contributed by atoms with Crippen molar-refractivity contribution in [3.05, 3.63) is 18.2 Å². The molecule has 19 heavy (non-hydrogen) atoms. The number of morpholine rings is 1. The maximum atomic E-state index is 6.06. The second kappa shape index (κ2) is 5.61. The van der Waals surface area contributed by atoms with Crippen molar-refractivity contribution < 1.29 is 4.74 Å². The molecule has 2 fully saturated rings. The molecule has 2 aliphatic rings. The van der Waals surface area contributed by atoms with E-state index in [1.54, 1.807) is 0 Å². The number of imidazole rings is 1. The van der Waals surface area contributed by atoms with E-state index in [1.165, 1.54) is 31.4 Å². The summed E-state index contributed by atoms with van der Waals surface area (Å²) in [7, 11) is 2.05. The van der Waals surface area contributed by atoms with Gasteiger partial charge in [-0.25, -0.2) is 4.98 Å². The van der Waals surface area contributed by atoms with Gasteiger partial charge in [-0.05, 0) is 12.8 Å². The van der Waals surface area contributed by atoms with Gasteiger partial charge in [0, 0.05) is 32.4 Å². The Morgan fingerprint density at radius 2 is 2.32 bits per heavy atom. The molecule has 5 nitrogen and oxygen atoms in total. The minimum atomic E-state index is 0.266. The molecule has 1 saturated heterocycles. The highest BCUT2D eigenvalue weighted by atomic mass is 16.5. The summed E-state index contributed by atoms with van der Waals surface area (Å²) >= 11 is 0. The maximum absolute atomic E-state index is 6.06. The third kappa shape index (κ3) is 2.42. The van der Waals surface area contributed by atoms with Gasteiger partial charge in [0.05, 0.1) is 30.8 Å². The number of aromatic nitrogens is 2. The van der Waals surface area contributed by atoms with Crippen LogP contribution in [0, 0.1) is 0 Å². The molecule has 1 aromatic heterocycles. The van der Waals surface area contributed by atoms with Crippen LogP contribution in [0.15, 0.2) is 12.5 Å². The standard InChI is InChI=1S/C14H24N4O/c1-17-10-16-9-13(17)12(8-15)18-6-7-19-14-5-3-2-4-11(14)18/h9-12,14H,2-8,15H2,1H3. The van der Waals surface area contributed by atoms with Gasteiger partial charge in [-0.3, -0.25) is 4.90 Å². The molecule has 1 aromatic rings. The molecule has 0 radical (unpaired) electrons. The van der Waals surface area contributed by atoms with Crippen LogP contribution in [0.4, 0.5) is 0 Å². The van der Waals surface area contributed by atoms with Crippen LogP contribution in [0.5, 0.6) is 0 Å². The Balaban J connectivity index is 1.83. The second-order valence-corrected chi connectivity index (χ2v) is 5.68. The van der Waals surface area contributed by atoms with E-state index in [2.05, 4.69) is 14.5 Å². The van der Waals surface area contributed by atoms with E-state index in [-0.39, 0.29) is 6.04 Å². The van der Waals surface area contributed by atoms with Gasteiger partial charge >= 0.3 is 0 Å². The Morgan fingerprint density at radius 3 is 3.05 bits per heavy atom. The summed E-state index contributed by atoms with van der Waals surface area (Å²) in [6.07, 6.45) is 9.26. The number of aryl methyl sites for hydroxylation is 1. The number of rotatable bonds is 3. The van der Waals surface area contributed by atoms with E-state index in [0.717, 1.165) is 13.2 Å². The van der Waals surface area contributed by atoms with Crippen LogP contribution >= 0.6 is 0 Å². The molecule has 0 amide bonds. The summed E-state index contributed by atoms with van der Waals surface area (Å²) in [5.41, 5.74) is 7.28. The summed E-state index contributed by atoms with van der Waals surface area (Å²) in [6, 6.07) is 0.799. The van der Waals surface area contributed by atoms with E-state index in [0.29, 0.717) is 18.7 Å². The Hall–Kier alpha value is -0.910. The molecule has 3 unspecified atom stereocenters. The highest BCUT2D eigenvalue weighted by Gasteiger charge is 2.38. The van der Waals surface area contributed by atoms with Crippen molar-refractivity contribution >= 4 is 0 Å². The molecular weight excluding hydrogens is 240 g/mol. The lowest BCUT2D eigenvalue weighted by atomic mass is 9.89. The topological polar surface area (TPSA) is 56.3 Å². The second-order valence-electron chi connectivity index (χ2n) is 5.68. The smallest absolute Gasteiger partial charge is 0.0946 e. The first-order valence-electron chi connectivity index (χ1n) is 7.35. The third-order valence-electron chi connectivity index (χ3n) is 4.59. The van der Waals surface area contributed by atoms with Crippen LogP contribution in [0.25, 0.3) is 0 Å². The lowest BCUT2D eigenvalue weighted by Crippen LogP contribution is -2.55. The molecular formula is C14H24N4O. The van der Waals surface area contributed by atoms with Gasteiger partial charge in [0.25, 0.3) is 0 Å². The van der Waals surface area contributed by atoms with Crippen LogP contribution in [0.1, 0.15) is 37.4 Å². The van der Waals surface area contributed by atoms with Crippen LogP contribution in [-0.4, -0.2) is 46.3 Å². The van der Waals surface area contributed by atoms with Crippen molar-refractivity contribution in [2.45, 2.75) is 43.9 Å². The van der Waals surface area contributed by atoms with Crippen LogP contribution < -0.4 is 5.73 Å². The first-order chi connectivity index (χ1) is 9.31. The summed E-state index contributed by atoms with van der Waals surface area (Å²) in [5.74, 6) is 0. The minimum Gasteiger partial charge on any atom is -0.375 e. The number of hydrogen-bond acceptors (Lipinski definition) is 4. The zero-order valence-corrected chi connectivity index (χ0v) is 11.7. The minimum absolute atomic E-state index is 0.266. The van der Waals surface area contributed by atoms with Crippen LogP contribution in [0.3, 0.4) is 0 Å². The number of nitrogens with zero attached hydrogens (tertiary/aromatic N) is 3. The third-order valence-corrected chi connectivity index (χ3v) is 4.59. The average molecular weight is 264 g/mol. The highest BCUT2D eigenvalue weighted by molar-refractivity contribution is 5.08. The first kappa shape index (κ1) is 13.1. The number of hydrogen-bond donors (Lipinski definition) is 1. The predicted molar refractivity (Wildman–Crippen MR) is 73.7 cm³/mol. The largest absolute Gasteiger partial charge is 0.375 e. The zero-order chi connectivity index (χ0) is 13.2. The van der Waals surface area contributed by atoms with E-state index in [9.17, 15) is 0 Å². The predicted octanol–water partition coefficient (Wildman–Crippen LogP) is 1.06. The summed E-state index contributed by atoms with van der Waals surface area (Å²) in [4.78, 5) is 6.80. The van der Waals surface area contributed by atoms with Gasteiger partial charge in [-0.1, -0.05) is 12.8 Å². The van der Waals surface area contributed by atoms with Crippen molar-refractivity contribution in [2.75, 3.05) is 19.7 Å². The first-order valence-corrected chi connectivity index (χ1v) is 7.35. The van der Waals surface area contributed by atoms with Gasteiger partial charge in [0.2, 0.25) is 0 Å². The van der Waals surface area contributed by atoms with Gasteiger partial charge < -0.3 is 15.0 Å². The van der Waals surface area contributed by atoms with Gasteiger partial charge in [0.15, 0.2) is 0 Å². The average Bonchev–Trinajstić information content (AvgIpc) is 2.86. The number of nitrogens with two attached hydrogens (primary N) is 1. The van der Waals surface area contributed by atoms with Crippen LogP contribution in [0.2, 0.25) is 0 Å². The van der Waals surface area contributed by atoms with Crippen LogP contribution in [-0.2, 0) is 11.8 Å². The Bertz CT molecular complexity index is 417. The molecule has 5 heteroatoms. The van der Waals surface area contributed by atoms with Gasteiger partial charge in [0.1, 0.15) is 0 Å². The fourth-order valence-electron chi connectivity index (χ4n) is 3.63. The van der Waals surface area contributed by atoms with Gasteiger partial charge in [-0.15, -0.1) is 0 Å². The van der Waals surface area contributed by atoms with Crippen molar-refractivity contribution in [1.29, 1.82) is 0 Å². The normalized spacial score (nSPS) is 30.0. The molecule has 2 N–H and O–H groups in total. The van der Waals surface area contributed by atoms with E-state index in [1.807, 2.05) is 19.6 Å². The van der Waals surface area contributed by atoms with Crippen molar-refractivity contribution in [2.24, 2.45) is 12.8 Å². The number of fused-ring (bicyclic) bond motifs is 1. The molecule has 3 rings (SSSR count). The van der Waals surface area contributed by atoms with E-state index < -0.39 is 0 Å². The zero-order valence-electron chi connectivity index (χ0n) is 11.7. The molecule has 1 saturated carbocycles. The highest BCUT2D eigenvalue weighted by Crippen LogP contribution is 2.33. The Kier molecular flexibility index (Phi) is 3.86.